The SMILES string of the molecule is c1ccc(-c2ccc3c(c2)sc2c(-c4ccccc4)ccc(N(c4ccc(-c5ccc6ccc7ccccc7c6c5)cc4)c4ccc5c(c4)sc4ccccc45)c23)cc1. The Labute approximate surface area is 350 Å². The van der Waals surface area contributed by atoms with E-state index in [9.17, 15) is 0 Å². The van der Waals surface area contributed by atoms with E-state index in [1.807, 2.05) is 22.7 Å². The standard InChI is InChI=1S/C56H35NS2/c1-3-11-36(12-4-1)42-25-29-49-53(34-42)59-56-46(38-13-5-2-6-14-38)31-32-51(55(49)56)57(44-28-30-48-47-17-9-10-18-52(47)58-54(48)35-44)43-26-23-37(24-27-43)41-22-21-40-20-19-39-15-7-8-16-45(39)50(40)33-41/h1-35H. The van der Waals surface area contributed by atoms with Gasteiger partial charge in [-0.05, 0) is 103 Å². The van der Waals surface area contributed by atoms with E-state index in [1.54, 1.807) is 0 Å². The molecule has 3 heteroatoms. The molecule has 276 valence electrons. The maximum atomic E-state index is 2.48. The van der Waals surface area contributed by atoms with Gasteiger partial charge in [0.25, 0.3) is 0 Å². The van der Waals surface area contributed by atoms with Gasteiger partial charge in [-0.1, -0.05) is 164 Å². The molecular weight excluding hydrogens is 751 g/mol. The van der Waals surface area contributed by atoms with Crippen LogP contribution in [0.5, 0.6) is 0 Å². The number of nitrogens with zero attached hydrogens (tertiary/aromatic N) is 1. The molecule has 0 saturated heterocycles. The summed E-state index contributed by atoms with van der Waals surface area (Å²) in [4.78, 5) is 2.48. The van der Waals surface area contributed by atoms with Crippen molar-refractivity contribution in [3.63, 3.8) is 0 Å². The van der Waals surface area contributed by atoms with Gasteiger partial charge in [0.15, 0.2) is 0 Å². The minimum Gasteiger partial charge on any atom is -0.310 e. The van der Waals surface area contributed by atoms with Gasteiger partial charge in [0, 0.05) is 51.7 Å². The second-order valence-electron chi connectivity index (χ2n) is 15.3. The second-order valence-corrected chi connectivity index (χ2v) is 17.4. The molecule has 0 amide bonds. The van der Waals surface area contributed by atoms with Gasteiger partial charge in [-0.25, -0.2) is 0 Å². The molecule has 0 aliphatic carbocycles. The van der Waals surface area contributed by atoms with Crippen LogP contribution in [0.2, 0.25) is 0 Å². The molecule has 2 heterocycles. The summed E-state index contributed by atoms with van der Waals surface area (Å²) in [7, 11) is 0. The van der Waals surface area contributed by atoms with E-state index < -0.39 is 0 Å². The minimum atomic E-state index is 1.12. The summed E-state index contributed by atoms with van der Waals surface area (Å²) < 4.78 is 5.17. The molecular formula is C56H35NS2. The van der Waals surface area contributed by atoms with Crippen LogP contribution < -0.4 is 4.90 Å². The summed E-state index contributed by atoms with van der Waals surface area (Å²) in [6, 6.07) is 78.2. The van der Waals surface area contributed by atoms with Crippen LogP contribution in [-0.4, -0.2) is 0 Å². The number of anilines is 3. The van der Waals surface area contributed by atoms with Crippen molar-refractivity contribution < 1.29 is 0 Å². The summed E-state index contributed by atoms with van der Waals surface area (Å²) >= 11 is 3.76. The van der Waals surface area contributed by atoms with Crippen LogP contribution in [-0.2, 0) is 0 Å². The smallest absolute Gasteiger partial charge is 0.0555 e. The second kappa shape index (κ2) is 13.8. The Bertz CT molecular complexity index is 3540. The fourth-order valence-corrected chi connectivity index (χ4v) is 11.4. The molecule has 0 fully saturated rings. The predicted octanol–water partition coefficient (Wildman–Crippen LogP) is 17.2. The Morgan fingerprint density at radius 2 is 0.881 bits per heavy atom. The first kappa shape index (κ1) is 34.0. The number of thiophene rings is 2. The highest BCUT2D eigenvalue weighted by Gasteiger charge is 2.22. The Morgan fingerprint density at radius 1 is 0.305 bits per heavy atom. The van der Waals surface area contributed by atoms with Crippen molar-refractivity contribution in [2.24, 2.45) is 0 Å². The van der Waals surface area contributed by atoms with Crippen molar-refractivity contribution >= 4 is 102 Å². The van der Waals surface area contributed by atoms with Crippen molar-refractivity contribution in [2.75, 3.05) is 4.90 Å². The zero-order chi connectivity index (χ0) is 38.9. The van der Waals surface area contributed by atoms with Gasteiger partial charge in [0.05, 0.1) is 5.69 Å². The van der Waals surface area contributed by atoms with Crippen LogP contribution in [0.4, 0.5) is 17.1 Å². The molecule has 12 rings (SSSR count). The van der Waals surface area contributed by atoms with Crippen LogP contribution in [0.1, 0.15) is 0 Å². The van der Waals surface area contributed by atoms with Crippen LogP contribution in [0.25, 0.3) is 95.3 Å². The third-order valence-electron chi connectivity index (χ3n) is 11.9. The minimum absolute atomic E-state index is 1.12. The first-order valence-corrected chi connectivity index (χ1v) is 21.7. The van der Waals surface area contributed by atoms with Gasteiger partial charge in [-0.2, -0.15) is 0 Å². The van der Waals surface area contributed by atoms with Crippen LogP contribution in [0, 0.1) is 0 Å². The monoisotopic (exact) mass is 785 g/mol. The lowest BCUT2D eigenvalue weighted by Gasteiger charge is -2.27. The number of hydrogen-bond donors (Lipinski definition) is 0. The van der Waals surface area contributed by atoms with Crippen molar-refractivity contribution in [3.05, 3.63) is 212 Å². The predicted molar refractivity (Wildman–Crippen MR) is 258 cm³/mol. The highest BCUT2D eigenvalue weighted by molar-refractivity contribution is 7.26. The highest BCUT2D eigenvalue weighted by atomic mass is 32.1. The summed E-state index contributed by atoms with van der Waals surface area (Å²) in [5, 5.41) is 10.2. The van der Waals surface area contributed by atoms with Crippen molar-refractivity contribution in [1.29, 1.82) is 0 Å². The van der Waals surface area contributed by atoms with Gasteiger partial charge in [0.2, 0.25) is 0 Å². The lowest BCUT2D eigenvalue weighted by molar-refractivity contribution is 1.31. The molecule has 0 unspecified atom stereocenters. The molecule has 0 bridgehead atoms. The molecule has 10 aromatic carbocycles. The average molecular weight is 786 g/mol. The van der Waals surface area contributed by atoms with Gasteiger partial charge in [-0.3, -0.25) is 0 Å². The van der Waals surface area contributed by atoms with E-state index in [1.165, 1.54) is 101 Å². The fraction of sp³-hybridized carbons (Fsp3) is 0. The van der Waals surface area contributed by atoms with Crippen molar-refractivity contribution in [3.8, 4) is 33.4 Å². The third kappa shape index (κ3) is 5.73. The first-order chi connectivity index (χ1) is 29.2. The zero-order valence-corrected chi connectivity index (χ0v) is 33.6. The average Bonchev–Trinajstić information content (AvgIpc) is 3.88. The van der Waals surface area contributed by atoms with Gasteiger partial charge in [0.1, 0.15) is 0 Å². The fourth-order valence-electron chi connectivity index (χ4n) is 8.97. The maximum Gasteiger partial charge on any atom is 0.0555 e. The van der Waals surface area contributed by atoms with E-state index in [0.717, 1.165) is 11.4 Å². The Morgan fingerprint density at radius 3 is 1.71 bits per heavy atom. The van der Waals surface area contributed by atoms with Gasteiger partial charge in [-0.15, -0.1) is 22.7 Å². The van der Waals surface area contributed by atoms with Gasteiger partial charge < -0.3 is 4.90 Å². The normalized spacial score (nSPS) is 11.7. The Hall–Kier alpha value is -7.04. The molecule has 2 aromatic heterocycles. The zero-order valence-electron chi connectivity index (χ0n) is 32.0. The lowest BCUT2D eigenvalue weighted by Crippen LogP contribution is -2.10. The number of benzene rings is 10. The molecule has 0 spiro atoms. The molecule has 0 atom stereocenters. The van der Waals surface area contributed by atoms with E-state index in [0.29, 0.717) is 0 Å². The van der Waals surface area contributed by atoms with Crippen molar-refractivity contribution in [1.82, 2.24) is 0 Å². The van der Waals surface area contributed by atoms with Crippen LogP contribution >= 0.6 is 22.7 Å². The van der Waals surface area contributed by atoms with Gasteiger partial charge >= 0.3 is 0 Å². The van der Waals surface area contributed by atoms with E-state index in [4.69, 9.17) is 0 Å². The lowest BCUT2D eigenvalue weighted by atomic mass is 9.97. The summed E-state index contributed by atoms with van der Waals surface area (Å²) in [5.41, 5.74) is 10.8. The molecule has 59 heavy (non-hydrogen) atoms. The Kier molecular flexibility index (Phi) is 7.97. The van der Waals surface area contributed by atoms with E-state index in [2.05, 4.69) is 217 Å². The Balaban J connectivity index is 1.07. The highest BCUT2D eigenvalue weighted by Crippen LogP contribution is 2.50. The quantitative estimate of drug-likeness (QED) is 0.152. The van der Waals surface area contributed by atoms with E-state index >= 15 is 0 Å². The maximum absolute atomic E-state index is 2.48. The van der Waals surface area contributed by atoms with Crippen molar-refractivity contribution in [2.45, 2.75) is 0 Å². The number of hydrogen-bond acceptors (Lipinski definition) is 3. The molecule has 0 N–H and O–H groups in total. The molecule has 12 aromatic rings. The van der Waals surface area contributed by atoms with Crippen LogP contribution in [0.3, 0.4) is 0 Å². The summed E-state index contributed by atoms with van der Waals surface area (Å²) in [5.74, 6) is 0. The molecule has 0 aliphatic heterocycles. The molecule has 1 nitrogen and oxygen atoms in total. The molecule has 0 saturated carbocycles. The molecule has 0 aliphatic rings. The van der Waals surface area contributed by atoms with Crippen LogP contribution in [0.15, 0.2) is 212 Å². The molecule has 0 radical (unpaired) electrons. The topological polar surface area (TPSA) is 3.24 Å². The largest absolute Gasteiger partial charge is 0.310 e. The number of fused-ring (bicyclic) bond motifs is 9. The first-order valence-electron chi connectivity index (χ1n) is 20.1. The summed E-state index contributed by atoms with van der Waals surface area (Å²) in [6.45, 7) is 0. The third-order valence-corrected chi connectivity index (χ3v) is 14.2. The van der Waals surface area contributed by atoms with E-state index in [-0.39, 0.29) is 0 Å². The summed E-state index contributed by atoms with van der Waals surface area (Å²) in [6.07, 6.45) is 0. The number of rotatable bonds is 6.